The predicted octanol–water partition coefficient (Wildman–Crippen LogP) is 5.23. The molecule has 1 N–H and O–H groups in total. The van der Waals surface area contributed by atoms with Crippen LogP contribution < -0.4 is 0 Å². The summed E-state index contributed by atoms with van der Waals surface area (Å²) in [5.74, 6) is 0. The first-order valence-electron chi connectivity index (χ1n) is 9.03. The first-order chi connectivity index (χ1) is 12.3. The number of nitrogens with one attached hydrogen (secondary N) is 1. The maximum Gasteiger partial charge on any atom is 0.0594 e. The van der Waals surface area contributed by atoms with E-state index in [2.05, 4.69) is 40.2 Å². The van der Waals surface area contributed by atoms with Crippen LogP contribution in [0.3, 0.4) is 0 Å². The molecule has 2 aromatic carbocycles. The van der Waals surface area contributed by atoms with E-state index in [1.54, 1.807) is 0 Å². The fraction of sp³-hybridized carbons (Fsp3) is 0.333. The third-order valence-electron chi connectivity index (χ3n) is 5.62. The number of morpholine rings is 1. The molecule has 5 heteroatoms. The van der Waals surface area contributed by atoms with Crippen LogP contribution in [0.5, 0.6) is 0 Å². The Kier molecular flexibility index (Phi) is 4.98. The fourth-order valence-corrected chi connectivity index (χ4v) is 4.70. The first-order valence-corrected chi connectivity index (χ1v) is 9.41. The van der Waals surface area contributed by atoms with Gasteiger partial charge in [-0.25, -0.2) is 0 Å². The number of aryl methyl sites for hydroxylation is 1. The van der Waals surface area contributed by atoms with Crippen LogP contribution in [0.2, 0.25) is 5.02 Å². The van der Waals surface area contributed by atoms with E-state index in [0.717, 1.165) is 49.7 Å². The molecule has 0 amide bonds. The van der Waals surface area contributed by atoms with Gasteiger partial charge in [-0.1, -0.05) is 41.9 Å². The van der Waals surface area contributed by atoms with Crippen LogP contribution in [0.1, 0.15) is 23.6 Å². The molecule has 1 atom stereocenters. The second-order valence-electron chi connectivity index (χ2n) is 6.93. The molecule has 3 nitrogen and oxygen atoms in total. The van der Waals surface area contributed by atoms with Gasteiger partial charge in [0.2, 0.25) is 0 Å². The number of hydrogen-bond donors (Lipinski definition) is 1. The van der Waals surface area contributed by atoms with Crippen LogP contribution in [0.4, 0.5) is 0 Å². The van der Waals surface area contributed by atoms with Crippen molar-refractivity contribution in [1.29, 1.82) is 0 Å². The number of halogens is 2. The Morgan fingerprint density at radius 2 is 1.85 bits per heavy atom. The molecule has 0 bridgehead atoms. The number of aromatic nitrogens is 1. The summed E-state index contributed by atoms with van der Waals surface area (Å²) in [6.45, 7) is 3.74. The Morgan fingerprint density at radius 1 is 1.04 bits per heavy atom. The SMILES string of the molecule is Cl.Clc1ccccc1-c1[nH]c2cccc3c2c1CCC3N1CCOCC1. The topological polar surface area (TPSA) is 28.3 Å². The molecule has 2 heterocycles. The fourth-order valence-electron chi connectivity index (χ4n) is 4.47. The molecule has 3 aromatic rings. The highest BCUT2D eigenvalue weighted by atomic mass is 35.5. The zero-order valence-electron chi connectivity index (χ0n) is 14.5. The van der Waals surface area contributed by atoms with Crippen molar-refractivity contribution in [2.75, 3.05) is 26.3 Å². The highest BCUT2D eigenvalue weighted by Crippen LogP contribution is 2.43. The summed E-state index contributed by atoms with van der Waals surface area (Å²) in [6, 6.07) is 15.3. The number of benzene rings is 2. The molecule has 1 fully saturated rings. The van der Waals surface area contributed by atoms with Crippen LogP contribution in [0.25, 0.3) is 22.2 Å². The molecule has 26 heavy (non-hydrogen) atoms. The van der Waals surface area contributed by atoms with Crippen LogP contribution in [-0.2, 0) is 11.2 Å². The van der Waals surface area contributed by atoms with Gasteiger partial charge in [0.15, 0.2) is 0 Å². The van der Waals surface area contributed by atoms with E-state index in [1.165, 1.54) is 27.7 Å². The van der Waals surface area contributed by atoms with Gasteiger partial charge in [-0.2, -0.15) is 0 Å². The molecule has 1 aliphatic heterocycles. The van der Waals surface area contributed by atoms with E-state index in [0.29, 0.717) is 6.04 Å². The van der Waals surface area contributed by atoms with Crippen molar-refractivity contribution in [3.63, 3.8) is 0 Å². The minimum atomic E-state index is 0. The van der Waals surface area contributed by atoms with Gasteiger partial charge in [0.1, 0.15) is 0 Å². The van der Waals surface area contributed by atoms with Gasteiger partial charge < -0.3 is 9.72 Å². The van der Waals surface area contributed by atoms with Gasteiger partial charge >= 0.3 is 0 Å². The normalized spacial score (nSPS) is 20.1. The van der Waals surface area contributed by atoms with Crippen molar-refractivity contribution in [2.24, 2.45) is 0 Å². The molecular formula is C21H22Cl2N2O. The summed E-state index contributed by atoms with van der Waals surface area (Å²) in [5, 5.41) is 2.21. The van der Waals surface area contributed by atoms with E-state index < -0.39 is 0 Å². The van der Waals surface area contributed by atoms with Crippen molar-refractivity contribution in [3.05, 3.63) is 58.6 Å². The van der Waals surface area contributed by atoms with Gasteiger partial charge in [-0.3, -0.25) is 4.90 Å². The zero-order chi connectivity index (χ0) is 16.8. The summed E-state index contributed by atoms with van der Waals surface area (Å²) in [5.41, 5.74) is 6.39. The lowest BCUT2D eigenvalue weighted by Crippen LogP contribution is -2.40. The zero-order valence-corrected chi connectivity index (χ0v) is 16.1. The van der Waals surface area contributed by atoms with E-state index in [-0.39, 0.29) is 12.4 Å². The van der Waals surface area contributed by atoms with Crippen LogP contribution >= 0.6 is 24.0 Å². The lowest BCUT2D eigenvalue weighted by Gasteiger charge is -2.37. The van der Waals surface area contributed by atoms with Gasteiger partial charge in [0, 0.05) is 40.6 Å². The Labute approximate surface area is 164 Å². The Morgan fingerprint density at radius 3 is 2.65 bits per heavy atom. The molecule has 2 aliphatic rings. The third-order valence-corrected chi connectivity index (χ3v) is 5.95. The van der Waals surface area contributed by atoms with Crippen molar-refractivity contribution < 1.29 is 4.74 Å². The minimum Gasteiger partial charge on any atom is -0.379 e. The van der Waals surface area contributed by atoms with Crippen molar-refractivity contribution in [2.45, 2.75) is 18.9 Å². The second-order valence-corrected chi connectivity index (χ2v) is 7.34. The number of nitrogens with zero attached hydrogens (tertiary/aromatic N) is 1. The van der Waals surface area contributed by atoms with Gasteiger partial charge in [0.25, 0.3) is 0 Å². The smallest absolute Gasteiger partial charge is 0.0594 e. The maximum absolute atomic E-state index is 6.48. The number of ether oxygens (including phenoxy) is 1. The molecule has 1 aliphatic carbocycles. The highest BCUT2D eigenvalue weighted by molar-refractivity contribution is 6.33. The Bertz CT molecular complexity index is 931. The lowest BCUT2D eigenvalue weighted by atomic mass is 9.86. The number of rotatable bonds is 2. The average Bonchev–Trinajstić information content (AvgIpc) is 3.04. The number of H-pyrrole nitrogens is 1. The van der Waals surface area contributed by atoms with E-state index in [9.17, 15) is 0 Å². The summed E-state index contributed by atoms with van der Waals surface area (Å²) in [4.78, 5) is 6.24. The van der Waals surface area contributed by atoms with E-state index >= 15 is 0 Å². The predicted molar refractivity (Wildman–Crippen MR) is 109 cm³/mol. The monoisotopic (exact) mass is 388 g/mol. The van der Waals surface area contributed by atoms with Crippen molar-refractivity contribution in [1.82, 2.24) is 9.88 Å². The molecular weight excluding hydrogens is 367 g/mol. The summed E-state index contributed by atoms with van der Waals surface area (Å²) in [7, 11) is 0. The average molecular weight is 389 g/mol. The number of aromatic amines is 1. The van der Waals surface area contributed by atoms with Gasteiger partial charge in [-0.05, 0) is 36.1 Å². The second kappa shape index (κ2) is 7.24. The van der Waals surface area contributed by atoms with Crippen molar-refractivity contribution >= 4 is 34.9 Å². The summed E-state index contributed by atoms with van der Waals surface area (Å²) >= 11 is 6.48. The first kappa shape index (κ1) is 17.9. The van der Waals surface area contributed by atoms with Crippen LogP contribution in [-0.4, -0.2) is 36.2 Å². The molecule has 1 saturated heterocycles. The summed E-state index contributed by atoms with van der Waals surface area (Å²) < 4.78 is 5.55. The lowest BCUT2D eigenvalue weighted by molar-refractivity contribution is 0.0141. The standard InChI is InChI=1S/C21H21ClN2O.ClH/c22-17-6-2-1-4-14(17)21-16-8-9-19(24-10-12-25-13-11-24)15-5-3-7-18(23-21)20(15)16;/h1-7,19,23H,8-13H2;1H. The molecule has 1 aromatic heterocycles. The maximum atomic E-state index is 6.48. The Balaban J connectivity index is 0.00000168. The highest BCUT2D eigenvalue weighted by Gasteiger charge is 2.30. The van der Waals surface area contributed by atoms with E-state index in [1.807, 2.05) is 12.1 Å². The van der Waals surface area contributed by atoms with Crippen LogP contribution in [0.15, 0.2) is 42.5 Å². The molecule has 136 valence electrons. The van der Waals surface area contributed by atoms with Gasteiger partial charge in [-0.15, -0.1) is 12.4 Å². The molecule has 1 unspecified atom stereocenters. The third kappa shape index (κ3) is 2.84. The Hall–Kier alpha value is -1.52. The van der Waals surface area contributed by atoms with Crippen molar-refractivity contribution in [3.8, 4) is 11.3 Å². The van der Waals surface area contributed by atoms with Gasteiger partial charge in [0.05, 0.1) is 18.9 Å². The molecule has 5 rings (SSSR count). The van der Waals surface area contributed by atoms with E-state index in [4.69, 9.17) is 16.3 Å². The summed E-state index contributed by atoms with van der Waals surface area (Å²) in [6.07, 6.45) is 2.24. The quantitative estimate of drug-likeness (QED) is 0.650. The minimum absolute atomic E-state index is 0. The largest absolute Gasteiger partial charge is 0.379 e. The molecule has 0 saturated carbocycles. The molecule has 0 radical (unpaired) electrons. The van der Waals surface area contributed by atoms with Crippen LogP contribution in [0, 0.1) is 0 Å². The number of hydrogen-bond acceptors (Lipinski definition) is 2. The molecule has 0 spiro atoms.